The molecule has 3 nitrogen and oxygen atoms in total. The van der Waals surface area contributed by atoms with Gasteiger partial charge < -0.3 is 9.84 Å². The zero-order chi connectivity index (χ0) is 18.1. The van der Waals surface area contributed by atoms with Crippen LogP contribution in [0.3, 0.4) is 0 Å². The van der Waals surface area contributed by atoms with E-state index in [1.54, 1.807) is 0 Å². The summed E-state index contributed by atoms with van der Waals surface area (Å²) in [5.74, 6) is 1.73. The van der Waals surface area contributed by atoms with Crippen molar-refractivity contribution in [2.24, 2.45) is 34.0 Å². The first kappa shape index (κ1) is 17.8. The number of rotatable bonds is 2. The predicted molar refractivity (Wildman–Crippen MR) is 97.9 cm³/mol. The lowest BCUT2D eigenvalue weighted by molar-refractivity contribution is -0.235. The summed E-state index contributed by atoms with van der Waals surface area (Å²) in [6.45, 7) is 9.12. The minimum atomic E-state index is -0.451. The molecule has 142 valence electrons. The van der Waals surface area contributed by atoms with Crippen LogP contribution in [0.1, 0.15) is 85.5 Å². The summed E-state index contributed by atoms with van der Waals surface area (Å²) < 4.78 is 5.53. The average Bonchev–Trinajstić information content (AvgIpc) is 2.51. The Balaban J connectivity index is 1.65. The zero-order valence-electron chi connectivity index (χ0n) is 16.6. The van der Waals surface area contributed by atoms with Crippen molar-refractivity contribution >= 4 is 5.97 Å². The Morgan fingerprint density at radius 1 is 1.08 bits per heavy atom. The molecule has 0 heterocycles. The summed E-state index contributed by atoms with van der Waals surface area (Å²) in [6.07, 6.45) is 11.0. The summed E-state index contributed by atoms with van der Waals surface area (Å²) in [5, 5.41) is 11.0. The molecular weight excluding hydrogens is 312 g/mol. The lowest BCUT2D eigenvalue weighted by Gasteiger charge is -2.70. The maximum absolute atomic E-state index is 11.4. The molecule has 0 unspecified atom stereocenters. The van der Waals surface area contributed by atoms with Gasteiger partial charge in [-0.05, 0) is 86.9 Å². The van der Waals surface area contributed by atoms with E-state index in [-0.39, 0.29) is 11.4 Å². The molecule has 0 amide bonds. The molecule has 5 saturated carbocycles. The average molecular weight is 349 g/mol. The maximum Gasteiger partial charge on any atom is 0.302 e. The molecule has 0 aliphatic heterocycles. The van der Waals surface area contributed by atoms with Gasteiger partial charge in [-0.1, -0.05) is 20.3 Å². The minimum Gasteiger partial charge on any atom is -0.465 e. The van der Waals surface area contributed by atoms with Crippen molar-refractivity contribution in [1.82, 2.24) is 0 Å². The fourth-order valence-corrected chi connectivity index (χ4v) is 8.26. The van der Waals surface area contributed by atoms with Crippen LogP contribution in [-0.2, 0) is 9.53 Å². The molecule has 5 aliphatic rings. The Morgan fingerprint density at radius 3 is 2.48 bits per heavy atom. The van der Waals surface area contributed by atoms with Crippen molar-refractivity contribution in [2.75, 3.05) is 6.61 Å². The van der Waals surface area contributed by atoms with E-state index in [2.05, 4.69) is 20.8 Å². The topological polar surface area (TPSA) is 46.5 Å². The van der Waals surface area contributed by atoms with Gasteiger partial charge in [-0.25, -0.2) is 0 Å². The van der Waals surface area contributed by atoms with Gasteiger partial charge in [-0.3, -0.25) is 4.79 Å². The summed E-state index contributed by atoms with van der Waals surface area (Å²) in [5.41, 5.74) is 0.386. The Hall–Kier alpha value is -0.570. The number of ether oxygens (including phenoxy) is 1. The Kier molecular flexibility index (Phi) is 3.90. The molecule has 0 radical (unpaired) electrons. The number of aliphatic hydroxyl groups is 1. The van der Waals surface area contributed by atoms with Gasteiger partial charge in [-0.2, -0.15) is 0 Å². The van der Waals surface area contributed by atoms with Crippen molar-refractivity contribution < 1.29 is 14.6 Å². The molecular formula is C22H36O3. The van der Waals surface area contributed by atoms with Gasteiger partial charge in [0.15, 0.2) is 0 Å². The lowest BCUT2D eigenvalue weighted by Crippen LogP contribution is -2.64. The maximum atomic E-state index is 11.4. The highest BCUT2D eigenvalue weighted by Crippen LogP contribution is 2.72. The molecule has 2 bridgehead atoms. The second-order valence-corrected chi connectivity index (χ2v) is 10.8. The van der Waals surface area contributed by atoms with Crippen molar-refractivity contribution in [3.05, 3.63) is 0 Å². The molecule has 0 aromatic rings. The molecule has 0 aromatic heterocycles. The molecule has 1 spiro atoms. The summed E-state index contributed by atoms with van der Waals surface area (Å²) in [6, 6.07) is 0. The number of hydrogen-bond acceptors (Lipinski definition) is 3. The van der Waals surface area contributed by atoms with Crippen LogP contribution in [0.5, 0.6) is 0 Å². The fraction of sp³-hybridized carbons (Fsp3) is 0.955. The van der Waals surface area contributed by atoms with Gasteiger partial charge in [0.1, 0.15) is 0 Å². The van der Waals surface area contributed by atoms with Crippen LogP contribution in [0.15, 0.2) is 0 Å². The molecule has 5 aliphatic carbocycles. The third-order valence-electron chi connectivity index (χ3n) is 9.27. The van der Waals surface area contributed by atoms with Gasteiger partial charge in [-0.15, -0.1) is 0 Å². The summed E-state index contributed by atoms with van der Waals surface area (Å²) in [4.78, 5) is 11.4. The van der Waals surface area contributed by atoms with Gasteiger partial charge in [0, 0.05) is 12.3 Å². The van der Waals surface area contributed by atoms with Gasteiger partial charge in [0.05, 0.1) is 12.2 Å². The van der Waals surface area contributed by atoms with Gasteiger partial charge in [0.2, 0.25) is 0 Å². The van der Waals surface area contributed by atoms with Gasteiger partial charge in [0.25, 0.3) is 0 Å². The van der Waals surface area contributed by atoms with Crippen molar-refractivity contribution in [2.45, 2.75) is 91.1 Å². The first-order chi connectivity index (χ1) is 11.6. The van der Waals surface area contributed by atoms with Crippen molar-refractivity contribution in [3.63, 3.8) is 0 Å². The number of fused-ring (bicyclic) bond motifs is 3. The van der Waals surface area contributed by atoms with Crippen molar-refractivity contribution in [1.29, 1.82) is 0 Å². The van der Waals surface area contributed by atoms with E-state index < -0.39 is 5.60 Å². The van der Waals surface area contributed by atoms with E-state index in [0.717, 1.165) is 12.3 Å². The standard InChI is InChI=1S/C22H36O3/c1-15(23)25-14-19(2)8-5-9-20(3)17(19)7-11-22-10-6-16(12-18(20)22)21(4,24)13-22/h16-18,24H,5-14H2,1-4H3/t16-,17-,18-,19+,20+,21-,22+/m0/s1. The van der Waals surface area contributed by atoms with E-state index in [9.17, 15) is 9.90 Å². The van der Waals surface area contributed by atoms with E-state index in [4.69, 9.17) is 4.74 Å². The number of carbonyl (C=O) groups is 1. The molecule has 3 heteroatoms. The van der Waals surface area contributed by atoms with Gasteiger partial charge >= 0.3 is 5.97 Å². The van der Waals surface area contributed by atoms with Crippen LogP contribution in [0.2, 0.25) is 0 Å². The van der Waals surface area contributed by atoms with E-state index in [0.29, 0.717) is 29.3 Å². The van der Waals surface area contributed by atoms with Crippen LogP contribution in [0.4, 0.5) is 0 Å². The SMILES string of the molecule is CC(=O)OC[C@@]1(C)CCC[C@@]2(C)[C@@H]3C[C@@H]4CC[C@@]3(CC[C@@H]12)C[C@]4(C)O. The van der Waals surface area contributed by atoms with Crippen LogP contribution in [0.25, 0.3) is 0 Å². The summed E-state index contributed by atoms with van der Waals surface area (Å²) in [7, 11) is 0. The van der Waals surface area contributed by atoms with E-state index in [1.165, 1.54) is 58.3 Å². The second kappa shape index (κ2) is 5.47. The molecule has 25 heavy (non-hydrogen) atoms. The highest BCUT2D eigenvalue weighted by Gasteiger charge is 2.66. The number of carbonyl (C=O) groups excluding carboxylic acids is 1. The molecule has 0 aromatic carbocycles. The van der Waals surface area contributed by atoms with E-state index >= 15 is 0 Å². The van der Waals surface area contributed by atoms with Crippen LogP contribution < -0.4 is 0 Å². The Bertz CT molecular complexity index is 570. The minimum absolute atomic E-state index is 0.124. The van der Waals surface area contributed by atoms with Crippen LogP contribution >= 0.6 is 0 Å². The Labute approximate surface area is 152 Å². The third kappa shape index (κ3) is 2.51. The largest absolute Gasteiger partial charge is 0.465 e. The summed E-state index contributed by atoms with van der Waals surface area (Å²) >= 11 is 0. The smallest absolute Gasteiger partial charge is 0.302 e. The predicted octanol–water partition coefficient (Wildman–Crippen LogP) is 4.71. The monoisotopic (exact) mass is 348 g/mol. The lowest BCUT2D eigenvalue weighted by atomic mass is 9.36. The number of esters is 1. The molecule has 5 rings (SSSR count). The molecule has 1 N–H and O–H groups in total. The van der Waals surface area contributed by atoms with Crippen LogP contribution in [-0.4, -0.2) is 23.3 Å². The molecule has 5 fully saturated rings. The highest BCUT2D eigenvalue weighted by atomic mass is 16.5. The zero-order valence-corrected chi connectivity index (χ0v) is 16.6. The quantitative estimate of drug-likeness (QED) is 0.735. The molecule has 0 saturated heterocycles. The van der Waals surface area contributed by atoms with Crippen molar-refractivity contribution in [3.8, 4) is 0 Å². The highest BCUT2D eigenvalue weighted by molar-refractivity contribution is 5.65. The first-order valence-electron chi connectivity index (χ1n) is 10.5. The second-order valence-electron chi connectivity index (χ2n) is 10.8. The van der Waals surface area contributed by atoms with E-state index in [1.807, 2.05) is 0 Å². The normalized spacial score (nSPS) is 54.5. The van der Waals surface area contributed by atoms with Crippen LogP contribution in [0, 0.1) is 34.0 Å². The Morgan fingerprint density at radius 2 is 1.80 bits per heavy atom. The first-order valence-corrected chi connectivity index (χ1v) is 10.5. The number of hydrogen-bond donors (Lipinski definition) is 1. The fourth-order valence-electron chi connectivity index (χ4n) is 8.26. The third-order valence-corrected chi connectivity index (χ3v) is 9.27. The molecule has 7 atom stereocenters.